The van der Waals surface area contributed by atoms with Crippen LogP contribution >= 0.6 is 24.0 Å². The lowest BCUT2D eigenvalue weighted by Gasteiger charge is -2.35. The van der Waals surface area contributed by atoms with Crippen molar-refractivity contribution < 1.29 is 9.53 Å². The fraction of sp³-hybridized carbons (Fsp3) is 0.667. The van der Waals surface area contributed by atoms with Crippen LogP contribution in [0.1, 0.15) is 33.1 Å². The van der Waals surface area contributed by atoms with Gasteiger partial charge in [-0.1, -0.05) is 6.07 Å². The number of amides is 1. The molecule has 0 spiro atoms. The van der Waals surface area contributed by atoms with Crippen LogP contribution in [-0.2, 0) is 9.53 Å². The Morgan fingerprint density at radius 3 is 2.70 bits per heavy atom. The first kappa shape index (κ1) is 24.6. The number of carbonyl (C=O) groups is 1. The van der Waals surface area contributed by atoms with Crippen LogP contribution in [0.5, 0.6) is 0 Å². The number of ether oxygens (including phenoxy) is 1. The van der Waals surface area contributed by atoms with Crippen molar-refractivity contribution in [3.05, 3.63) is 24.4 Å². The minimum absolute atomic E-state index is 0. The van der Waals surface area contributed by atoms with E-state index in [1.807, 2.05) is 30.0 Å². The van der Waals surface area contributed by atoms with E-state index in [1.54, 1.807) is 6.20 Å². The zero-order valence-electron chi connectivity index (χ0n) is 18.1. The predicted molar refractivity (Wildman–Crippen MR) is 131 cm³/mol. The maximum Gasteiger partial charge on any atom is 0.224 e. The molecule has 1 unspecified atom stereocenters. The number of hydrogen-bond acceptors (Lipinski definition) is 5. The number of guanidine groups is 1. The van der Waals surface area contributed by atoms with E-state index in [2.05, 4.69) is 32.4 Å². The van der Waals surface area contributed by atoms with Gasteiger partial charge >= 0.3 is 0 Å². The molecule has 1 aromatic heterocycles. The molecule has 2 saturated heterocycles. The van der Waals surface area contributed by atoms with E-state index in [-0.39, 0.29) is 35.5 Å². The highest BCUT2D eigenvalue weighted by atomic mass is 127. The molecule has 0 saturated carbocycles. The van der Waals surface area contributed by atoms with Gasteiger partial charge in [0.2, 0.25) is 5.91 Å². The summed E-state index contributed by atoms with van der Waals surface area (Å²) < 4.78 is 5.80. The summed E-state index contributed by atoms with van der Waals surface area (Å²) >= 11 is 0. The standard InChI is InChI=1S/C21H34N6O2.HI/c1-3-22-20(25-17-21(2)9-6-16-29-21)24-11-8-19(28)27-14-12-26(13-15-27)18-7-4-5-10-23-18;/h4-5,7,10H,3,6,8-9,11-17H2,1-2H3,(H2,22,24,25);1H. The van der Waals surface area contributed by atoms with Gasteiger partial charge in [-0.3, -0.25) is 9.79 Å². The maximum atomic E-state index is 12.6. The number of pyridine rings is 1. The Bertz CT molecular complexity index is 673. The third-order valence-electron chi connectivity index (χ3n) is 5.45. The Morgan fingerprint density at radius 1 is 1.27 bits per heavy atom. The second-order valence-electron chi connectivity index (χ2n) is 7.83. The molecular formula is C21H35IN6O2. The fourth-order valence-electron chi connectivity index (χ4n) is 3.72. The van der Waals surface area contributed by atoms with Gasteiger partial charge in [-0.15, -0.1) is 24.0 Å². The highest BCUT2D eigenvalue weighted by molar-refractivity contribution is 14.0. The molecular weight excluding hydrogens is 495 g/mol. The summed E-state index contributed by atoms with van der Waals surface area (Å²) in [7, 11) is 0. The lowest BCUT2D eigenvalue weighted by Crippen LogP contribution is -2.49. The van der Waals surface area contributed by atoms with Crippen molar-refractivity contribution in [1.82, 2.24) is 20.5 Å². The topological polar surface area (TPSA) is 82.1 Å². The molecule has 9 heteroatoms. The smallest absolute Gasteiger partial charge is 0.224 e. The summed E-state index contributed by atoms with van der Waals surface area (Å²) in [5, 5.41) is 6.53. The van der Waals surface area contributed by atoms with Gasteiger partial charge in [0, 0.05) is 58.5 Å². The summed E-state index contributed by atoms with van der Waals surface area (Å²) in [6.45, 7) is 10.1. The van der Waals surface area contributed by atoms with Crippen LogP contribution in [-0.4, -0.2) is 79.8 Å². The van der Waals surface area contributed by atoms with Crippen molar-refractivity contribution in [2.45, 2.75) is 38.7 Å². The number of halogens is 1. The van der Waals surface area contributed by atoms with Gasteiger partial charge < -0.3 is 25.2 Å². The average molecular weight is 530 g/mol. The minimum Gasteiger partial charge on any atom is -0.373 e. The number of carbonyl (C=O) groups excluding carboxylic acids is 1. The number of anilines is 1. The van der Waals surface area contributed by atoms with E-state index < -0.39 is 0 Å². The number of hydrogen-bond donors (Lipinski definition) is 2. The summed E-state index contributed by atoms with van der Waals surface area (Å²) in [6, 6.07) is 5.93. The minimum atomic E-state index is -0.161. The SMILES string of the molecule is CCNC(=NCC1(C)CCCO1)NCCC(=O)N1CCN(c2ccccn2)CC1.I. The molecule has 1 amide bonds. The van der Waals surface area contributed by atoms with E-state index in [4.69, 9.17) is 4.74 Å². The zero-order chi connectivity index (χ0) is 20.5. The molecule has 0 bridgehead atoms. The normalized spacial score (nSPS) is 21.9. The molecule has 2 aliphatic heterocycles. The van der Waals surface area contributed by atoms with Crippen LogP contribution in [0, 0.1) is 0 Å². The molecule has 1 aromatic rings. The van der Waals surface area contributed by atoms with E-state index >= 15 is 0 Å². The Balaban J connectivity index is 0.00000320. The van der Waals surface area contributed by atoms with E-state index in [0.29, 0.717) is 19.5 Å². The highest BCUT2D eigenvalue weighted by Crippen LogP contribution is 2.25. The number of nitrogens with zero attached hydrogens (tertiary/aromatic N) is 4. The molecule has 2 fully saturated rings. The van der Waals surface area contributed by atoms with Crippen molar-refractivity contribution in [3.8, 4) is 0 Å². The number of aromatic nitrogens is 1. The molecule has 0 radical (unpaired) electrons. The van der Waals surface area contributed by atoms with Crippen LogP contribution in [0.25, 0.3) is 0 Å². The van der Waals surface area contributed by atoms with Crippen molar-refractivity contribution in [1.29, 1.82) is 0 Å². The number of rotatable bonds is 7. The molecule has 168 valence electrons. The first-order valence-electron chi connectivity index (χ1n) is 10.7. The Morgan fingerprint density at radius 2 is 2.07 bits per heavy atom. The largest absolute Gasteiger partial charge is 0.373 e. The van der Waals surface area contributed by atoms with Crippen molar-refractivity contribution in [3.63, 3.8) is 0 Å². The van der Waals surface area contributed by atoms with Crippen LogP contribution in [0.15, 0.2) is 29.4 Å². The molecule has 1 atom stereocenters. The third-order valence-corrected chi connectivity index (χ3v) is 5.45. The first-order valence-corrected chi connectivity index (χ1v) is 10.7. The Labute approximate surface area is 196 Å². The number of aliphatic imine (C=N–C) groups is 1. The molecule has 0 aromatic carbocycles. The quantitative estimate of drug-likeness (QED) is 0.318. The van der Waals surface area contributed by atoms with Crippen molar-refractivity contribution in [2.24, 2.45) is 4.99 Å². The molecule has 8 nitrogen and oxygen atoms in total. The molecule has 30 heavy (non-hydrogen) atoms. The van der Waals surface area contributed by atoms with Gasteiger partial charge in [0.25, 0.3) is 0 Å². The predicted octanol–water partition coefficient (Wildman–Crippen LogP) is 1.86. The summed E-state index contributed by atoms with van der Waals surface area (Å²) in [4.78, 5) is 25.8. The molecule has 3 rings (SSSR count). The zero-order valence-corrected chi connectivity index (χ0v) is 20.4. The second kappa shape index (κ2) is 12.3. The molecule has 2 N–H and O–H groups in total. The van der Waals surface area contributed by atoms with Crippen molar-refractivity contribution in [2.75, 3.05) is 57.3 Å². The van der Waals surface area contributed by atoms with Gasteiger partial charge in [0.1, 0.15) is 5.82 Å². The lowest BCUT2D eigenvalue weighted by molar-refractivity contribution is -0.131. The highest BCUT2D eigenvalue weighted by Gasteiger charge is 2.29. The monoisotopic (exact) mass is 530 g/mol. The molecule has 2 aliphatic rings. The van der Waals surface area contributed by atoms with E-state index in [9.17, 15) is 4.79 Å². The van der Waals surface area contributed by atoms with Crippen LogP contribution in [0.3, 0.4) is 0 Å². The Hall–Kier alpha value is -1.62. The lowest BCUT2D eigenvalue weighted by atomic mass is 10.0. The third kappa shape index (κ3) is 7.26. The fourth-order valence-corrected chi connectivity index (χ4v) is 3.72. The first-order chi connectivity index (χ1) is 14.1. The van der Waals surface area contributed by atoms with Gasteiger partial charge in [0.05, 0.1) is 12.1 Å². The number of piperazine rings is 1. The van der Waals surface area contributed by atoms with E-state index in [1.165, 1.54) is 0 Å². The average Bonchev–Trinajstić information content (AvgIpc) is 3.19. The van der Waals surface area contributed by atoms with Crippen LogP contribution in [0.2, 0.25) is 0 Å². The number of nitrogens with one attached hydrogen (secondary N) is 2. The molecule has 3 heterocycles. The molecule has 0 aliphatic carbocycles. The van der Waals surface area contributed by atoms with Crippen LogP contribution in [0.4, 0.5) is 5.82 Å². The summed E-state index contributed by atoms with van der Waals surface area (Å²) in [6.07, 6.45) is 4.40. The van der Waals surface area contributed by atoms with Gasteiger partial charge in [-0.25, -0.2) is 4.98 Å². The van der Waals surface area contributed by atoms with Gasteiger partial charge in [-0.05, 0) is 38.8 Å². The van der Waals surface area contributed by atoms with Crippen LogP contribution < -0.4 is 15.5 Å². The summed E-state index contributed by atoms with van der Waals surface area (Å²) in [5.41, 5.74) is -0.161. The van der Waals surface area contributed by atoms with Gasteiger partial charge in [0.15, 0.2) is 5.96 Å². The van der Waals surface area contributed by atoms with Crippen molar-refractivity contribution >= 4 is 41.7 Å². The maximum absolute atomic E-state index is 12.6. The second-order valence-corrected chi connectivity index (χ2v) is 7.83. The van der Waals surface area contributed by atoms with E-state index in [0.717, 1.165) is 63.9 Å². The van der Waals surface area contributed by atoms with Gasteiger partial charge in [-0.2, -0.15) is 0 Å². The Kier molecular flexibility index (Phi) is 10.1. The summed E-state index contributed by atoms with van der Waals surface area (Å²) in [5.74, 6) is 1.91.